The molecule has 0 saturated heterocycles. The van der Waals surface area contributed by atoms with Crippen LogP contribution in [0.25, 0.3) is 21.5 Å². The molecule has 4 aromatic rings. The molecule has 0 bridgehead atoms. The molecule has 1 unspecified atom stereocenters. The smallest absolute Gasteiger partial charge is 0.0363 e. The lowest BCUT2D eigenvalue weighted by atomic mass is 10.0. The maximum atomic E-state index is 2.35. The SMILES string of the molecule is c1ccc2cc(SC3CCSc4c3ccc3ccccc43)ccc2c1. The Balaban J connectivity index is 1.54. The molecule has 0 spiro atoms. The van der Waals surface area contributed by atoms with Gasteiger partial charge in [-0.25, -0.2) is 0 Å². The van der Waals surface area contributed by atoms with Gasteiger partial charge in [-0.3, -0.25) is 0 Å². The second kappa shape index (κ2) is 6.44. The summed E-state index contributed by atoms with van der Waals surface area (Å²) < 4.78 is 0. The fourth-order valence-electron chi connectivity index (χ4n) is 3.63. The van der Waals surface area contributed by atoms with Gasteiger partial charge in [-0.1, -0.05) is 66.7 Å². The molecule has 5 rings (SSSR count). The first-order valence-electron chi connectivity index (χ1n) is 8.68. The molecule has 0 N–H and O–H groups in total. The van der Waals surface area contributed by atoms with E-state index in [0.29, 0.717) is 5.25 Å². The minimum atomic E-state index is 0.544. The molecule has 1 heterocycles. The van der Waals surface area contributed by atoms with Crippen LogP contribution in [0.15, 0.2) is 88.7 Å². The Kier molecular flexibility index (Phi) is 3.95. The molecule has 1 aliphatic heterocycles. The molecule has 0 aromatic heterocycles. The van der Waals surface area contributed by atoms with Crippen molar-refractivity contribution in [1.82, 2.24) is 0 Å². The molecule has 0 nitrogen and oxygen atoms in total. The van der Waals surface area contributed by atoms with Crippen molar-refractivity contribution < 1.29 is 0 Å². The van der Waals surface area contributed by atoms with Gasteiger partial charge in [-0.05, 0) is 51.4 Å². The summed E-state index contributed by atoms with van der Waals surface area (Å²) in [6.45, 7) is 0. The molecule has 0 amide bonds. The lowest BCUT2D eigenvalue weighted by Gasteiger charge is -2.26. The fourth-order valence-corrected chi connectivity index (χ4v) is 6.35. The maximum Gasteiger partial charge on any atom is 0.0363 e. The third kappa shape index (κ3) is 2.84. The van der Waals surface area contributed by atoms with Crippen molar-refractivity contribution >= 4 is 45.1 Å². The van der Waals surface area contributed by atoms with Crippen LogP contribution < -0.4 is 0 Å². The summed E-state index contributed by atoms with van der Waals surface area (Å²) in [4.78, 5) is 2.86. The summed E-state index contributed by atoms with van der Waals surface area (Å²) in [6.07, 6.45) is 1.23. The van der Waals surface area contributed by atoms with E-state index in [2.05, 4.69) is 78.9 Å². The van der Waals surface area contributed by atoms with Gasteiger partial charge in [-0.2, -0.15) is 0 Å². The largest absolute Gasteiger partial charge is 0.125 e. The van der Waals surface area contributed by atoms with Gasteiger partial charge in [0, 0.05) is 15.0 Å². The third-order valence-corrected chi connectivity index (χ3v) is 7.37. The van der Waals surface area contributed by atoms with Gasteiger partial charge in [0.25, 0.3) is 0 Å². The standard InChI is InChI=1S/C23H18S2/c1-2-7-18-15-19(11-9-16(18)5-1)25-22-13-14-24-23-20-8-4-3-6-17(20)10-12-21(22)23/h1-12,15,22H,13-14H2. The van der Waals surface area contributed by atoms with Crippen LogP contribution in [0, 0.1) is 0 Å². The molecule has 0 fully saturated rings. The lowest BCUT2D eigenvalue weighted by molar-refractivity contribution is 0.870. The number of fused-ring (bicyclic) bond motifs is 4. The number of rotatable bonds is 2. The van der Waals surface area contributed by atoms with Crippen molar-refractivity contribution in [2.45, 2.75) is 21.5 Å². The highest BCUT2D eigenvalue weighted by Gasteiger charge is 2.23. The summed E-state index contributed by atoms with van der Waals surface area (Å²) in [6, 6.07) is 28.9. The van der Waals surface area contributed by atoms with Crippen molar-refractivity contribution in [1.29, 1.82) is 0 Å². The first kappa shape index (κ1) is 15.4. The summed E-state index contributed by atoms with van der Waals surface area (Å²) in [5.74, 6) is 1.20. The Morgan fingerprint density at radius 1 is 0.760 bits per heavy atom. The van der Waals surface area contributed by atoms with Gasteiger partial charge in [0.05, 0.1) is 0 Å². The molecule has 2 heteroatoms. The zero-order chi connectivity index (χ0) is 16.6. The van der Waals surface area contributed by atoms with Crippen LogP contribution in [0.3, 0.4) is 0 Å². The Morgan fingerprint density at radius 2 is 1.52 bits per heavy atom. The molecule has 122 valence electrons. The van der Waals surface area contributed by atoms with E-state index in [1.165, 1.54) is 49.1 Å². The van der Waals surface area contributed by atoms with E-state index in [4.69, 9.17) is 0 Å². The highest BCUT2D eigenvalue weighted by Crippen LogP contribution is 2.48. The monoisotopic (exact) mass is 358 g/mol. The van der Waals surface area contributed by atoms with Crippen LogP contribution in [0.5, 0.6) is 0 Å². The predicted octanol–water partition coefficient (Wildman–Crippen LogP) is 7.32. The average molecular weight is 359 g/mol. The van der Waals surface area contributed by atoms with Crippen molar-refractivity contribution in [3.63, 3.8) is 0 Å². The first-order valence-corrected chi connectivity index (χ1v) is 10.5. The Bertz CT molecular complexity index is 1070. The van der Waals surface area contributed by atoms with Crippen molar-refractivity contribution in [3.8, 4) is 0 Å². The van der Waals surface area contributed by atoms with Crippen molar-refractivity contribution in [2.24, 2.45) is 0 Å². The zero-order valence-electron chi connectivity index (χ0n) is 13.8. The number of benzene rings is 4. The molecule has 0 saturated carbocycles. The minimum absolute atomic E-state index is 0.544. The van der Waals surface area contributed by atoms with E-state index in [1.54, 1.807) is 0 Å². The van der Waals surface area contributed by atoms with Gasteiger partial charge in [-0.15, -0.1) is 23.5 Å². The van der Waals surface area contributed by atoms with E-state index in [0.717, 1.165) is 0 Å². The van der Waals surface area contributed by atoms with Crippen LogP contribution in [0.1, 0.15) is 17.2 Å². The third-order valence-electron chi connectivity index (χ3n) is 4.88. The van der Waals surface area contributed by atoms with E-state index < -0.39 is 0 Å². The Hall–Kier alpha value is -1.90. The molecule has 1 atom stereocenters. The minimum Gasteiger partial charge on any atom is -0.125 e. The summed E-state index contributed by atoms with van der Waals surface area (Å²) in [5.41, 5.74) is 1.51. The van der Waals surface area contributed by atoms with Gasteiger partial charge in [0.1, 0.15) is 0 Å². The zero-order valence-corrected chi connectivity index (χ0v) is 15.4. The van der Waals surface area contributed by atoms with Crippen LogP contribution in [0.4, 0.5) is 0 Å². The molecule has 25 heavy (non-hydrogen) atoms. The Labute approximate surface area is 156 Å². The molecule has 1 aliphatic rings. The first-order chi connectivity index (χ1) is 12.4. The number of hydrogen-bond donors (Lipinski definition) is 0. The van der Waals surface area contributed by atoms with Gasteiger partial charge in [0.15, 0.2) is 0 Å². The molecule has 4 aromatic carbocycles. The molecular weight excluding hydrogens is 340 g/mol. The van der Waals surface area contributed by atoms with Crippen LogP contribution >= 0.6 is 23.5 Å². The highest BCUT2D eigenvalue weighted by atomic mass is 32.2. The summed E-state index contributed by atoms with van der Waals surface area (Å²) in [7, 11) is 0. The molecular formula is C23H18S2. The van der Waals surface area contributed by atoms with E-state index in [1.807, 2.05) is 23.5 Å². The predicted molar refractivity (Wildman–Crippen MR) is 112 cm³/mol. The normalized spacial score (nSPS) is 16.9. The highest BCUT2D eigenvalue weighted by molar-refractivity contribution is 8.01. The lowest BCUT2D eigenvalue weighted by Crippen LogP contribution is -2.04. The van der Waals surface area contributed by atoms with Gasteiger partial charge >= 0.3 is 0 Å². The van der Waals surface area contributed by atoms with E-state index in [-0.39, 0.29) is 0 Å². The molecule has 0 radical (unpaired) electrons. The molecule has 0 aliphatic carbocycles. The van der Waals surface area contributed by atoms with Gasteiger partial charge < -0.3 is 0 Å². The van der Waals surface area contributed by atoms with Crippen molar-refractivity contribution in [2.75, 3.05) is 5.75 Å². The van der Waals surface area contributed by atoms with E-state index >= 15 is 0 Å². The van der Waals surface area contributed by atoms with Crippen LogP contribution in [0.2, 0.25) is 0 Å². The topological polar surface area (TPSA) is 0 Å². The van der Waals surface area contributed by atoms with Crippen LogP contribution in [-0.2, 0) is 0 Å². The quantitative estimate of drug-likeness (QED) is 0.368. The summed E-state index contributed by atoms with van der Waals surface area (Å²) >= 11 is 4.04. The van der Waals surface area contributed by atoms with Crippen molar-refractivity contribution in [3.05, 3.63) is 84.4 Å². The Morgan fingerprint density at radius 3 is 2.44 bits per heavy atom. The maximum absolute atomic E-state index is 2.35. The number of hydrogen-bond acceptors (Lipinski definition) is 2. The van der Waals surface area contributed by atoms with Crippen LogP contribution in [-0.4, -0.2) is 5.75 Å². The fraction of sp³-hybridized carbons (Fsp3) is 0.130. The second-order valence-electron chi connectivity index (χ2n) is 6.46. The number of thioether (sulfide) groups is 2. The second-order valence-corrected chi connectivity index (χ2v) is 8.84. The van der Waals surface area contributed by atoms with E-state index in [9.17, 15) is 0 Å². The summed E-state index contributed by atoms with van der Waals surface area (Å²) in [5, 5.41) is 5.95. The average Bonchev–Trinajstić information content (AvgIpc) is 2.68. The van der Waals surface area contributed by atoms with Gasteiger partial charge in [0.2, 0.25) is 0 Å².